The lowest BCUT2D eigenvalue weighted by Crippen LogP contribution is -2.43. The standard InChI is InChI=1S/C17H25NO4S2/c1-11-9-12(2)14(4)17(13(11)3)24(21,22)18(15-5-6-15)16-7-8-23(19,20)10-16/h9,15-16H,5-8,10H2,1-4H3/t16-/m0/s1. The molecule has 2 aliphatic rings. The van der Waals surface area contributed by atoms with Crippen molar-refractivity contribution in [2.75, 3.05) is 11.5 Å². The van der Waals surface area contributed by atoms with E-state index in [9.17, 15) is 16.8 Å². The molecule has 134 valence electrons. The maximum Gasteiger partial charge on any atom is 0.244 e. The van der Waals surface area contributed by atoms with Gasteiger partial charge in [0.15, 0.2) is 9.84 Å². The van der Waals surface area contributed by atoms with E-state index in [1.54, 1.807) is 0 Å². The highest BCUT2D eigenvalue weighted by molar-refractivity contribution is 7.92. The maximum atomic E-state index is 13.5. The van der Waals surface area contributed by atoms with E-state index in [4.69, 9.17) is 0 Å². The summed E-state index contributed by atoms with van der Waals surface area (Å²) in [6.45, 7) is 7.51. The maximum absolute atomic E-state index is 13.5. The Bertz CT molecular complexity index is 857. The second-order valence-corrected chi connectivity index (χ2v) is 11.2. The molecule has 1 saturated carbocycles. The molecule has 1 aliphatic carbocycles. The molecule has 7 heteroatoms. The molecule has 1 aromatic carbocycles. The number of benzene rings is 1. The van der Waals surface area contributed by atoms with E-state index in [-0.39, 0.29) is 17.5 Å². The third-order valence-corrected chi connectivity index (χ3v) is 9.34. The number of aryl methyl sites for hydroxylation is 2. The molecule has 5 nitrogen and oxygen atoms in total. The molecule has 24 heavy (non-hydrogen) atoms. The number of sulfonamides is 1. The zero-order valence-electron chi connectivity index (χ0n) is 14.7. The van der Waals surface area contributed by atoms with E-state index in [2.05, 4.69) is 0 Å². The molecule has 0 aromatic heterocycles. The van der Waals surface area contributed by atoms with E-state index in [1.165, 1.54) is 4.31 Å². The van der Waals surface area contributed by atoms with Gasteiger partial charge in [-0.05, 0) is 69.2 Å². The van der Waals surface area contributed by atoms with Crippen molar-refractivity contribution in [1.82, 2.24) is 4.31 Å². The first-order chi connectivity index (χ1) is 11.0. The van der Waals surface area contributed by atoms with Crippen LogP contribution in [0.1, 0.15) is 41.5 Å². The van der Waals surface area contributed by atoms with Gasteiger partial charge in [0.2, 0.25) is 10.0 Å². The van der Waals surface area contributed by atoms with Crippen molar-refractivity contribution in [3.05, 3.63) is 28.3 Å². The second-order valence-electron chi connectivity index (χ2n) is 7.21. The van der Waals surface area contributed by atoms with Gasteiger partial charge in [0.25, 0.3) is 0 Å². The van der Waals surface area contributed by atoms with Crippen LogP contribution in [-0.4, -0.2) is 44.7 Å². The van der Waals surface area contributed by atoms with Gasteiger partial charge in [0, 0.05) is 12.1 Å². The number of hydrogen-bond acceptors (Lipinski definition) is 4. The predicted octanol–water partition coefficient (Wildman–Crippen LogP) is 2.26. The van der Waals surface area contributed by atoms with Crippen LogP contribution in [-0.2, 0) is 19.9 Å². The Morgan fingerprint density at radius 2 is 1.50 bits per heavy atom. The van der Waals surface area contributed by atoms with Crippen LogP contribution in [0.15, 0.2) is 11.0 Å². The molecule has 3 rings (SSSR count). The van der Waals surface area contributed by atoms with E-state index in [0.717, 1.165) is 35.1 Å². The van der Waals surface area contributed by atoms with Crippen LogP contribution < -0.4 is 0 Å². The third-order valence-electron chi connectivity index (χ3n) is 5.31. The molecule has 0 spiro atoms. The summed E-state index contributed by atoms with van der Waals surface area (Å²) in [5.74, 6) is 0.0346. The largest absolute Gasteiger partial charge is 0.244 e. The molecule has 0 unspecified atom stereocenters. The van der Waals surface area contributed by atoms with Crippen molar-refractivity contribution in [3.8, 4) is 0 Å². The summed E-state index contributed by atoms with van der Waals surface area (Å²) in [4.78, 5) is 0.371. The van der Waals surface area contributed by atoms with Crippen LogP contribution in [0.2, 0.25) is 0 Å². The average Bonchev–Trinajstić information content (AvgIpc) is 3.20. The smallest absolute Gasteiger partial charge is 0.229 e. The fraction of sp³-hybridized carbons (Fsp3) is 0.647. The third kappa shape index (κ3) is 3.02. The SMILES string of the molecule is Cc1cc(C)c(C)c(S(=O)(=O)N(C2CC2)[C@H]2CCS(=O)(=O)C2)c1C. The highest BCUT2D eigenvalue weighted by Crippen LogP contribution is 2.39. The lowest BCUT2D eigenvalue weighted by atomic mass is 10.0. The van der Waals surface area contributed by atoms with Crippen LogP contribution in [0.25, 0.3) is 0 Å². The van der Waals surface area contributed by atoms with Gasteiger partial charge in [0.05, 0.1) is 16.4 Å². The van der Waals surface area contributed by atoms with Gasteiger partial charge >= 0.3 is 0 Å². The topological polar surface area (TPSA) is 71.5 Å². The Kier molecular flexibility index (Phi) is 4.33. The fourth-order valence-corrected chi connectivity index (χ4v) is 7.96. The van der Waals surface area contributed by atoms with Crippen LogP contribution in [0.4, 0.5) is 0 Å². The van der Waals surface area contributed by atoms with Gasteiger partial charge in [0.1, 0.15) is 0 Å². The van der Waals surface area contributed by atoms with Crippen LogP contribution in [0, 0.1) is 27.7 Å². The fourth-order valence-electron chi connectivity index (χ4n) is 3.67. The minimum absolute atomic E-state index is 0.0482. The molecule has 0 N–H and O–H groups in total. The van der Waals surface area contributed by atoms with Gasteiger partial charge in [-0.15, -0.1) is 0 Å². The first-order valence-electron chi connectivity index (χ1n) is 8.36. The van der Waals surface area contributed by atoms with Gasteiger partial charge in [-0.2, -0.15) is 4.31 Å². The Morgan fingerprint density at radius 1 is 0.958 bits per heavy atom. The Balaban J connectivity index is 2.12. The molecular formula is C17H25NO4S2. The second kappa shape index (κ2) is 5.81. The van der Waals surface area contributed by atoms with Gasteiger partial charge in [-0.25, -0.2) is 16.8 Å². The highest BCUT2D eigenvalue weighted by Gasteiger charge is 2.47. The number of sulfone groups is 1. The first kappa shape index (κ1) is 17.9. The molecule has 1 atom stereocenters. The quantitative estimate of drug-likeness (QED) is 0.814. The molecular weight excluding hydrogens is 346 g/mol. The molecule has 1 aliphatic heterocycles. The summed E-state index contributed by atoms with van der Waals surface area (Å²) in [6, 6.07) is 1.53. The summed E-state index contributed by atoms with van der Waals surface area (Å²) < 4.78 is 52.2. The van der Waals surface area contributed by atoms with Gasteiger partial charge < -0.3 is 0 Å². The van der Waals surface area contributed by atoms with Crippen molar-refractivity contribution >= 4 is 19.9 Å². The summed E-state index contributed by atoms with van der Waals surface area (Å²) >= 11 is 0. The van der Waals surface area contributed by atoms with Crippen molar-refractivity contribution in [2.45, 2.75) is 63.9 Å². The summed E-state index contributed by atoms with van der Waals surface area (Å²) in [5, 5.41) is 0. The Hall–Kier alpha value is -0.920. The molecule has 0 radical (unpaired) electrons. The summed E-state index contributed by atoms with van der Waals surface area (Å²) in [7, 11) is -6.84. The Morgan fingerprint density at radius 3 is 1.92 bits per heavy atom. The van der Waals surface area contributed by atoms with Crippen molar-refractivity contribution in [2.24, 2.45) is 0 Å². The van der Waals surface area contributed by atoms with E-state index in [0.29, 0.717) is 11.3 Å². The molecule has 0 amide bonds. The lowest BCUT2D eigenvalue weighted by Gasteiger charge is -2.29. The zero-order valence-corrected chi connectivity index (χ0v) is 16.3. The molecule has 2 fully saturated rings. The number of nitrogens with zero attached hydrogens (tertiary/aromatic N) is 1. The Labute approximate surface area is 145 Å². The predicted molar refractivity (Wildman–Crippen MR) is 94.5 cm³/mol. The zero-order chi connectivity index (χ0) is 17.9. The van der Waals surface area contributed by atoms with Crippen molar-refractivity contribution in [3.63, 3.8) is 0 Å². The molecule has 1 saturated heterocycles. The van der Waals surface area contributed by atoms with Crippen LogP contribution >= 0.6 is 0 Å². The van der Waals surface area contributed by atoms with Gasteiger partial charge in [-0.1, -0.05) is 6.07 Å². The monoisotopic (exact) mass is 371 g/mol. The molecule has 1 aromatic rings. The number of hydrogen-bond donors (Lipinski definition) is 0. The molecule has 1 heterocycles. The summed E-state index contributed by atoms with van der Waals surface area (Å²) in [6.07, 6.45) is 2.04. The average molecular weight is 372 g/mol. The van der Waals surface area contributed by atoms with Crippen LogP contribution in [0.5, 0.6) is 0 Å². The summed E-state index contributed by atoms with van der Waals surface area (Å²) in [5.41, 5.74) is 3.44. The first-order valence-corrected chi connectivity index (χ1v) is 11.6. The van der Waals surface area contributed by atoms with Crippen molar-refractivity contribution < 1.29 is 16.8 Å². The van der Waals surface area contributed by atoms with Crippen molar-refractivity contribution in [1.29, 1.82) is 0 Å². The normalized spacial score (nSPS) is 23.8. The minimum atomic E-state index is -3.71. The van der Waals surface area contributed by atoms with Gasteiger partial charge in [-0.3, -0.25) is 0 Å². The van der Waals surface area contributed by atoms with Crippen LogP contribution in [0.3, 0.4) is 0 Å². The van der Waals surface area contributed by atoms with E-state index >= 15 is 0 Å². The van der Waals surface area contributed by atoms with E-state index < -0.39 is 25.9 Å². The van der Waals surface area contributed by atoms with E-state index in [1.807, 2.05) is 33.8 Å². The highest BCUT2D eigenvalue weighted by atomic mass is 32.2. The lowest BCUT2D eigenvalue weighted by molar-refractivity contribution is 0.332. The molecule has 0 bridgehead atoms. The minimum Gasteiger partial charge on any atom is -0.229 e. The number of rotatable bonds is 4.